The fourth-order valence-corrected chi connectivity index (χ4v) is 8.40. The highest BCUT2D eigenvalue weighted by Crippen LogP contribution is 2.66. The van der Waals surface area contributed by atoms with E-state index in [1.54, 1.807) is 0 Å². The number of aryl methyl sites for hydroxylation is 1. The Morgan fingerprint density at radius 1 is 1.05 bits per heavy atom. The number of nitrogens with one attached hydrogen (secondary N) is 1. The number of amides is 1. The van der Waals surface area contributed by atoms with Crippen LogP contribution in [0.1, 0.15) is 60.8 Å². The molecule has 38 heavy (non-hydrogen) atoms. The molecule has 2 bridgehead atoms. The first-order valence-electron chi connectivity index (χ1n) is 14.3. The first-order chi connectivity index (χ1) is 18.5. The normalized spacial score (nSPS) is 28.3. The summed E-state index contributed by atoms with van der Waals surface area (Å²) in [6.07, 6.45) is 11.6. The standard InChI is InChI=1S/C33H39N3O2/c1-34-30-19-26-10-11-28(37)20-29(26)32(14-5-9-24-12-16-35-17-13-24)21-27-22-33(30,32)15-6-18-36(31(27)38)23-25-7-3-2-4-8-25/h2-4,7-8,10-13,16-17,20,27,30,34,37H,5-6,9,14-15,18-19,21-23H2,1H3/t27-,30?,32?,33?/m1/s1. The Hall–Kier alpha value is -3.18. The van der Waals surface area contributed by atoms with Crippen molar-refractivity contribution in [3.63, 3.8) is 0 Å². The second-order valence-corrected chi connectivity index (χ2v) is 11.8. The number of pyridine rings is 1. The summed E-state index contributed by atoms with van der Waals surface area (Å²) < 4.78 is 0. The summed E-state index contributed by atoms with van der Waals surface area (Å²) >= 11 is 0. The number of aromatic hydroxyl groups is 1. The number of phenolic OH excluding ortho intramolecular Hbond substituents is 1. The van der Waals surface area contributed by atoms with Crippen molar-refractivity contribution in [3.05, 3.63) is 95.3 Å². The molecule has 5 nitrogen and oxygen atoms in total. The van der Waals surface area contributed by atoms with E-state index in [0.717, 1.165) is 57.9 Å². The second-order valence-electron chi connectivity index (χ2n) is 11.8. The highest BCUT2D eigenvalue weighted by Gasteiger charge is 2.65. The number of carbonyl (C=O) groups is 1. The number of phenols is 1. The van der Waals surface area contributed by atoms with E-state index in [-0.39, 0.29) is 16.7 Å². The van der Waals surface area contributed by atoms with Crippen LogP contribution in [-0.4, -0.2) is 40.5 Å². The molecule has 2 aliphatic carbocycles. The van der Waals surface area contributed by atoms with Crippen LogP contribution < -0.4 is 5.32 Å². The van der Waals surface area contributed by atoms with Crippen molar-refractivity contribution >= 4 is 5.91 Å². The Morgan fingerprint density at radius 2 is 1.87 bits per heavy atom. The number of likely N-dealkylation sites (N-methyl/N-ethyl adjacent to an activating group) is 1. The van der Waals surface area contributed by atoms with Gasteiger partial charge in [0.05, 0.1) is 0 Å². The molecule has 1 aromatic heterocycles. The van der Waals surface area contributed by atoms with Crippen molar-refractivity contribution in [1.29, 1.82) is 0 Å². The van der Waals surface area contributed by atoms with E-state index < -0.39 is 0 Å². The quantitative estimate of drug-likeness (QED) is 0.447. The summed E-state index contributed by atoms with van der Waals surface area (Å²) in [6, 6.07) is 20.9. The average molecular weight is 510 g/mol. The zero-order chi connectivity index (χ0) is 26.2. The number of carbonyl (C=O) groups excluding carboxylic acids is 1. The molecule has 0 radical (unpaired) electrons. The predicted octanol–water partition coefficient (Wildman–Crippen LogP) is 5.41. The van der Waals surface area contributed by atoms with Crippen LogP contribution in [0.2, 0.25) is 0 Å². The molecule has 1 amide bonds. The van der Waals surface area contributed by atoms with E-state index in [4.69, 9.17) is 0 Å². The molecule has 6 rings (SSSR count). The van der Waals surface area contributed by atoms with Gasteiger partial charge in [0.1, 0.15) is 5.75 Å². The van der Waals surface area contributed by atoms with Gasteiger partial charge in [0.15, 0.2) is 0 Å². The lowest BCUT2D eigenvalue weighted by Crippen LogP contribution is -2.58. The lowest BCUT2D eigenvalue weighted by Gasteiger charge is -2.56. The summed E-state index contributed by atoms with van der Waals surface area (Å²) in [7, 11) is 2.10. The Morgan fingerprint density at radius 3 is 2.66 bits per heavy atom. The molecule has 1 saturated carbocycles. The van der Waals surface area contributed by atoms with Crippen molar-refractivity contribution in [2.45, 2.75) is 69.4 Å². The Bertz CT molecular complexity index is 1280. The minimum Gasteiger partial charge on any atom is -0.508 e. The number of hydrogen-bond donors (Lipinski definition) is 2. The summed E-state index contributed by atoms with van der Waals surface area (Å²) in [4.78, 5) is 20.5. The third-order valence-corrected chi connectivity index (χ3v) is 9.95. The first-order valence-corrected chi connectivity index (χ1v) is 14.3. The van der Waals surface area contributed by atoms with Gasteiger partial charge in [-0.05, 0) is 110 Å². The molecular formula is C33H39N3O2. The van der Waals surface area contributed by atoms with Gasteiger partial charge in [0.25, 0.3) is 0 Å². The van der Waals surface area contributed by atoms with E-state index in [2.05, 4.69) is 64.7 Å². The number of benzene rings is 2. The molecule has 1 aliphatic heterocycles. The Labute approximate surface area is 226 Å². The van der Waals surface area contributed by atoms with Gasteiger partial charge in [-0.15, -0.1) is 0 Å². The smallest absolute Gasteiger partial charge is 0.226 e. The maximum atomic E-state index is 14.2. The minimum absolute atomic E-state index is 0.0000493. The molecule has 1 spiro atoms. The summed E-state index contributed by atoms with van der Waals surface area (Å²) in [6.45, 7) is 1.49. The van der Waals surface area contributed by atoms with Crippen LogP contribution in [0.25, 0.3) is 0 Å². The topological polar surface area (TPSA) is 65.5 Å². The lowest BCUT2D eigenvalue weighted by atomic mass is 9.50. The van der Waals surface area contributed by atoms with Crippen LogP contribution in [0.15, 0.2) is 73.1 Å². The van der Waals surface area contributed by atoms with E-state index in [0.29, 0.717) is 24.2 Å². The largest absolute Gasteiger partial charge is 0.508 e. The number of aromatic nitrogens is 1. The van der Waals surface area contributed by atoms with Gasteiger partial charge in [0.2, 0.25) is 5.91 Å². The van der Waals surface area contributed by atoms with E-state index in [1.807, 2.05) is 30.6 Å². The van der Waals surface area contributed by atoms with Gasteiger partial charge >= 0.3 is 0 Å². The molecule has 3 aromatic rings. The molecule has 2 N–H and O–H groups in total. The average Bonchev–Trinajstić information content (AvgIpc) is 3.30. The van der Waals surface area contributed by atoms with Crippen molar-refractivity contribution in [2.24, 2.45) is 11.3 Å². The third kappa shape index (κ3) is 4.21. The number of likely N-dealkylation sites (tertiary alicyclic amines) is 1. The Kier molecular flexibility index (Phi) is 6.73. The fraction of sp³-hybridized carbons (Fsp3) is 0.455. The molecular weight excluding hydrogens is 470 g/mol. The van der Waals surface area contributed by atoms with E-state index in [1.165, 1.54) is 22.3 Å². The highest BCUT2D eigenvalue weighted by atomic mass is 16.3. The van der Waals surface area contributed by atoms with Gasteiger partial charge in [-0.2, -0.15) is 0 Å². The minimum atomic E-state index is -0.136. The van der Waals surface area contributed by atoms with Crippen LogP contribution >= 0.6 is 0 Å². The molecule has 5 heteroatoms. The van der Waals surface area contributed by atoms with Crippen LogP contribution in [0, 0.1) is 11.3 Å². The van der Waals surface area contributed by atoms with E-state index in [9.17, 15) is 9.90 Å². The molecule has 3 unspecified atom stereocenters. The first kappa shape index (κ1) is 25.1. The van der Waals surface area contributed by atoms with E-state index >= 15 is 0 Å². The molecule has 2 aromatic carbocycles. The van der Waals surface area contributed by atoms with Crippen molar-refractivity contribution < 1.29 is 9.90 Å². The van der Waals surface area contributed by atoms with Crippen LogP contribution in [0.3, 0.4) is 0 Å². The molecule has 198 valence electrons. The molecule has 3 aliphatic rings. The zero-order valence-corrected chi connectivity index (χ0v) is 22.4. The third-order valence-electron chi connectivity index (χ3n) is 9.95. The van der Waals surface area contributed by atoms with Crippen LogP contribution in [0.4, 0.5) is 0 Å². The highest BCUT2D eigenvalue weighted by molar-refractivity contribution is 5.80. The number of hydrogen-bond acceptors (Lipinski definition) is 4. The second kappa shape index (κ2) is 10.2. The maximum Gasteiger partial charge on any atom is 0.226 e. The van der Waals surface area contributed by atoms with Gasteiger partial charge in [-0.1, -0.05) is 36.4 Å². The van der Waals surface area contributed by atoms with Gasteiger partial charge in [0, 0.05) is 42.9 Å². The molecule has 1 saturated heterocycles. The van der Waals surface area contributed by atoms with Crippen molar-refractivity contribution in [2.75, 3.05) is 13.6 Å². The van der Waals surface area contributed by atoms with Crippen molar-refractivity contribution in [1.82, 2.24) is 15.2 Å². The lowest BCUT2D eigenvalue weighted by molar-refractivity contribution is -0.137. The molecule has 2 heterocycles. The fourth-order valence-electron chi connectivity index (χ4n) is 8.40. The SMILES string of the molecule is CNC1Cc2ccc(O)cc2C2(CCCc3ccncc3)C[C@@H]3CC12CCCN(Cc1ccccc1)C3=O. The predicted molar refractivity (Wildman–Crippen MR) is 150 cm³/mol. The van der Waals surface area contributed by atoms with Crippen molar-refractivity contribution in [3.8, 4) is 5.75 Å². The van der Waals surface area contributed by atoms with Crippen LogP contribution in [-0.2, 0) is 29.6 Å². The number of nitrogens with zero attached hydrogens (tertiary/aromatic N) is 2. The van der Waals surface area contributed by atoms with Gasteiger partial charge < -0.3 is 15.3 Å². The summed E-state index contributed by atoms with van der Waals surface area (Å²) in [5, 5.41) is 14.4. The monoisotopic (exact) mass is 509 g/mol. The Balaban J connectivity index is 1.39. The van der Waals surface area contributed by atoms with Crippen LogP contribution in [0.5, 0.6) is 5.75 Å². The number of fused-ring (bicyclic) bond motifs is 3. The van der Waals surface area contributed by atoms with Gasteiger partial charge in [-0.25, -0.2) is 0 Å². The molecule has 4 atom stereocenters. The summed E-state index contributed by atoms with van der Waals surface area (Å²) in [5.74, 6) is 0.654. The summed E-state index contributed by atoms with van der Waals surface area (Å²) in [5.41, 5.74) is 4.99. The molecule has 2 fully saturated rings. The zero-order valence-electron chi connectivity index (χ0n) is 22.4. The maximum absolute atomic E-state index is 14.2. The van der Waals surface area contributed by atoms with Gasteiger partial charge in [-0.3, -0.25) is 9.78 Å². The number of rotatable bonds is 7.